The van der Waals surface area contributed by atoms with Gasteiger partial charge < -0.3 is 10.4 Å². The van der Waals surface area contributed by atoms with E-state index in [4.69, 9.17) is 5.11 Å². The molecule has 1 aliphatic heterocycles. The molecular formula is C13H24N2O5S. The highest BCUT2D eigenvalue weighted by Gasteiger charge is 2.37. The number of amides is 1. The van der Waals surface area contributed by atoms with Crippen LogP contribution in [0.4, 0.5) is 0 Å². The van der Waals surface area contributed by atoms with E-state index in [1.54, 1.807) is 6.92 Å². The van der Waals surface area contributed by atoms with Crippen molar-refractivity contribution in [2.24, 2.45) is 0 Å². The monoisotopic (exact) mass is 320 g/mol. The molecule has 0 aromatic carbocycles. The maximum absolute atomic E-state index is 12.1. The third-order valence-corrected chi connectivity index (χ3v) is 5.52. The lowest BCUT2D eigenvalue weighted by atomic mass is 10.2. The van der Waals surface area contributed by atoms with Crippen molar-refractivity contribution in [1.82, 2.24) is 9.62 Å². The topological polar surface area (TPSA) is 104 Å². The number of aliphatic carboxylic acids is 1. The molecule has 7 nitrogen and oxygen atoms in total. The Morgan fingerprint density at radius 1 is 1.33 bits per heavy atom. The molecule has 1 atom stereocenters. The van der Waals surface area contributed by atoms with Crippen LogP contribution < -0.4 is 5.32 Å². The smallest absolute Gasteiger partial charge is 0.303 e. The molecule has 0 radical (unpaired) electrons. The van der Waals surface area contributed by atoms with Gasteiger partial charge in [-0.05, 0) is 32.1 Å². The molecule has 1 amide bonds. The lowest BCUT2D eigenvalue weighted by molar-refractivity contribution is -0.137. The maximum Gasteiger partial charge on any atom is 0.303 e. The number of carbonyl (C=O) groups is 2. The van der Waals surface area contributed by atoms with Crippen molar-refractivity contribution in [3.8, 4) is 0 Å². The van der Waals surface area contributed by atoms with Crippen molar-refractivity contribution >= 4 is 21.9 Å². The zero-order chi connectivity index (χ0) is 15.9. The molecule has 1 unspecified atom stereocenters. The Balaban J connectivity index is 2.44. The number of sulfonamides is 1. The van der Waals surface area contributed by atoms with Crippen LogP contribution in [0.5, 0.6) is 0 Å². The molecule has 8 heteroatoms. The van der Waals surface area contributed by atoms with Crippen molar-refractivity contribution < 1.29 is 23.1 Å². The number of unbranched alkanes of at least 4 members (excludes halogenated alkanes) is 1. The summed E-state index contributed by atoms with van der Waals surface area (Å²) in [6.07, 6.45) is 2.92. The molecule has 1 heterocycles. The molecule has 0 saturated carbocycles. The van der Waals surface area contributed by atoms with Gasteiger partial charge in [0.2, 0.25) is 15.9 Å². The van der Waals surface area contributed by atoms with Crippen LogP contribution in [0.25, 0.3) is 0 Å². The molecule has 0 spiro atoms. The first-order valence-corrected chi connectivity index (χ1v) is 8.98. The molecule has 1 saturated heterocycles. The fourth-order valence-corrected chi connectivity index (χ4v) is 4.19. The van der Waals surface area contributed by atoms with E-state index in [9.17, 15) is 18.0 Å². The Hall–Kier alpha value is -1.15. The predicted molar refractivity (Wildman–Crippen MR) is 78.3 cm³/mol. The largest absolute Gasteiger partial charge is 0.481 e. The van der Waals surface area contributed by atoms with Gasteiger partial charge in [0.05, 0.1) is 5.75 Å². The van der Waals surface area contributed by atoms with Crippen LogP contribution in [0.15, 0.2) is 0 Å². The number of carbonyl (C=O) groups excluding carboxylic acids is 1. The molecule has 2 N–H and O–H groups in total. The summed E-state index contributed by atoms with van der Waals surface area (Å²) in [6, 6.07) is -0.610. The minimum absolute atomic E-state index is 0.0649. The van der Waals surface area contributed by atoms with Gasteiger partial charge in [-0.1, -0.05) is 6.92 Å². The second-order valence-electron chi connectivity index (χ2n) is 5.23. The molecule has 1 fully saturated rings. The van der Waals surface area contributed by atoms with E-state index < -0.39 is 22.0 Å². The summed E-state index contributed by atoms with van der Waals surface area (Å²) >= 11 is 0. The van der Waals surface area contributed by atoms with Crippen molar-refractivity contribution in [3.63, 3.8) is 0 Å². The van der Waals surface area contributed by atoms with Gasteiger partial charge in [-0.2, -0.15) is 4.31 Å². The first kappa shape index (κ1) is 17.9. The first-order valence-electron chi connectivity index (χ1n) is 7.37. The van der Waals surface area contributed by atoms with Crippen LogP contribution in [0.1, 0.15) is 45.4 Å². The van der Waals surface area contributed by atoms with E-state index in [-0.39, 0.29) is 18.1 Å². The highest BCUT2D eigenvalue weighted by Crippen LogP contribution is 2.22. The van der Waals surface area contributed by atoms with Gasteiger partial charge in [0, 0.05) is 19.5 Å². The second-order valence-corrected chi connectivity index (χ2v) is 7.27. The Morgan fingerprint density at radius 2 is 2.05 bits per heavy atom. The Labute approximate surface area is 125 Å². The van der Waals surface area contributed by atoms with Crippen molar-refractivity contribution in [2.45, 2.75) is 51.5 Å². The number of nitrogens with one attached hydrogen (secondary N) is 1. The number of hydrogen-bond donors (Lipinski definition) is 2. The molecule has 0 bridgehead atoms. The number of carboxylic acid groups (broad SMARTS) is 1. The lowest BCUT2D eigenvalue weighted by Gasteiger charge is -2.23. The van der Waals surface area contributed by atoms with Gasteiger partial charge in [0.1, 0.15) is 6.04 Å². The standard InChI is InChI=1S/C13H24N2O5S/c1-2-10-21(19,20)15-9-5-6-11(15)13(18)14-8-4-3-7-12(16)17/h11H,2-10H2,1H3,(H,14,18)(H,16,17). The summed E-state index contributed by atoms with van der Waals surface area (Å²) < 4.78 is 25.5. The summed E-state index contributed by atoms with van der Waals surface area (Å²) in [5.41, 5.74) is 0. The van der Waals surface area contributed by atoms with Crippen LogP contribution in [0.3, 0.4) is 0 Å². The van der Waals surface area contributed by atoms with Gasteiger partial charge in [-0.15, -0.1) is 0 Å². The summed E-state index contributed by atoms with van der Waals surface area (Å²) in [7, 11) is -3.36. The second kappa shape index (κ2) is 8.33. The summed E-state index contributed by atoms with van der Waals surface area (Å²) in [5, 5.41) is 11.2. The van der Waals surface area contributed by atoms with Crippen LogP contribution in [-0.4, -0.2) is 54.6 Å². The van der Waals surface area contributed by atoms with E-state index in [2.05, 4.69) is 5.32 Å². The highest BCUT2D eigenvalue weighted by molar-refractivity contribution is 7.89. The molecule has 0 aliphatic carbocycles. The lowest BCUT2D eigenvalue weighted by Crippen LogP contribution is -2.46. The van der Waals surface area contributed by atoms with Gasteiger partial charge in [0.15, 0.2) is 0 Å². The molecule has 1 rings (SSSR count). The number of nitrogens with zero attached hydrogens (tertiary/aromatic N) is 1. The minimum atomic E-state index is -3.36. The van der Waals surface area contributed by atoms with Crippen molar-refractivity contribution in [1.29, 1.82) is 0 Å². The minimum Gasteiger partial charge on any atom is -0.481 e. The summed E-state index contributed by atoms with van der Waals surface area (Å²) in [6.45, 7) is 2.58. The van der Waals surface area contributed by atoms with E-state index in [0.29, 0.717) is 45.2 Å². The fourth-order valence-electron chi connectivity index (χ4n) is 2.44. The first-order chi connectivity index (χ1) is 9.88. The van der Waals surface area contributed by atoms with E-state index in [0.717, 1.165) is 0 Å². The molecule has 0 aromatic heterocycles. The number of carboxylic acids is 1. The Bertz CT molecular complexity index is 463. The van der Waals surface area contributed by atoms with Crippen LogP contribution >= 0.6 is 0 Å². The third kappa shape index (κ3) is 5.62. The van der Waals surface area contributed by atoms with E-state index in [1.165, 1.54) is 4.31 Å². The summed E-state index contributed by atoms with van der Waals surface area (Å²) in [5.74, 6) is -1.06. The average Bonchev–Trinajstić information content (AvgIpc) is 2.87. The molecular weight excluding hydrogens is 296 g/mol. The van der Waals surface area contributed by atoms with Crippen LogP contribution in [-0.2, 0) is 19.6 Å². The van der Waals surface area contributed by atoms with Gasteiger partial charge in [-0.25, -0.2) is 8.42 Å². The highest BCUT2D eigenvalue weighted by atomic mass is 32.2. The molecule has 122 valence electrons. The van der Waals surface area contributed by atoms with Gasteiger partial charge >= 0.3 is 5.97 Å². The Morgan fingerprint density at radius 3 is 2.67 bits per heavy atom. The van der Waals surface area contributed by atoms with Crippen LogP contribution in [0, 0.1) is 0 Å². The Kier molecular flexibility index (Phi) is 7.10. The van der Waals surface area contributed by atoms with E-state index >= 15 is 0 Å². The molecule has 1 aliphatic rings. The van der Waals surface area contributed by atoms with E-state index in [1.807, 2.05) is 0 Å². The van der Waals surface area contributed by atoms with Crippen LogP contribution in [0.2, 0.25) is 0 Å². The third-order valence-electron chi connectivity index (χ3n) is 3.44. The zero-order valence-corrected chi connectivity index (χ0v) is 13.2. The molecule has 21 heavy (non-hydrogen) atoms. The fraction of sp³-hybridized carbons (Fsp3) is 0.846. The number of hydrogen-bond acceptors (Lipinski definition) is 4. The summed E-state index contributed by atoms with van der Waals surface area (Å²) in [4.78, 5) is 22.4. The zero-order valence-electron chi connectivity index (χ0n) is 12.4. The molecule has 0 aromatic rings. The number of rotatable bonds is 9. The van der Waals surface area contributed by atoms with Gasteiger partial charge in [0.25, 0.3) is 0 Å². The maximum atomic E-state index is 12.1. The van der Waals surface area contributed by atoms with Crippen molar-refractivity contribution in [3.05, 3.63) is 0 Å². The normalized spacial score (nSPS) is 19.6. The van der Waals surface area contributed by atoms with Crippen molar-refractivity contribution in [2.75, 3.05) is 18.8 Å². The predicted octanol–water partition coefficient (Wildman–Crippen LogP) is 0.562. The average molecular weight is 320 g/mol. The quantitative estimate of drug-likeness (QED) is 0.604. The SMILES string of the molecule is CCCS(=O)(=O)N1CCCC1C(=O)NCCCCC(=O)O. The van der Waals surface area contributed by atoms with Gasteiger partial charge in [-0.3, -0.25) is 9.59 Å².